The van der Waals surface area contributed by atoms with Gasteiger partial charge in [-0.05, 0) is 37.3 Å². The van der Waals surface area contributed by atoms with Crippen LogP contribution in [0.25, 0.3) is 10.9 Å². The summed E-state index contributed by atoms with van der Waals surface area (Å²) in [6, 6.07) is 15.9. The van der Waals surface area contributed by atoms with Crippen molar-refractivity contribution in [1.29, 1.82) is 0 Å². The van der Waals surface area contributed by atoms with Crippen molar-refractivity contribution in [2.75, 3.05) is 7.11 Å². The van der Waals surface area contributed by atoms with E-state index < -0.39 is 0 Å². The van der Waals surface area contributed by atoms with Gasteiger partial charge in [-0.25, -0.2) is 0 Å². The van der Waals surface area contributed by atoms with Crippen LogP contribution in [0.2, 0.25) is 5.02 Å². The zero-order valence-electron chi connectivity index (χ0n) is 13.4. The molecule has 4 heteroatoms. The first-order chi connectivity index (χ1) is 11.2. The summed E-state index contributed by atoms with van der Waals surface area (Å²) < 4.78 is 13.7. The first kappa shape index (κ1) is 15.9. The van der Waals surface area contributed by atoms with Gasteiger partial charge < -0.3 is 14.0 Å². The molecule has 3 rings (SSSR count). The Morgan fingerprint density at radius 2 is 1.74 bits per heavy atom. The molecule has 0 amide bonds. The Morgan fingerprint density at radius 1 is 1.00 bits per heavy atom. The van der Waals surface area contributed by atoms with E-state index in [0.717, 1.165) is 18.0 Å². The van der Waals surface area contributed by atoms with Crippen molar-refractivity contribution in [3.63, 3.8) is 0 Å². The van der Waals surface area contributed by atoms with Crippen LogP contribution in [0, 0.1) is 0 Å². The maximum absolute atomic E-state index is 5.97. The molecule has 3 aromatic rings. The molecule has 0 radical (unpaired) electrons. The number of hydrogen-bond donors (Lipinski definition) is 0. The lowest BCUT2D eigenvalue weighted by Crippen LogP contribution is -2.07. The lowest BCUT2D eigenvalue weighted by Gasteiger charge is -2.12. The lowest BCUT2D eigenvalue weighted by molar-refractivity contribution is 0.182. The van der Waals surface area contributed by atoms with E-state index in [9.17, 15) is 0 Å². The van der Waals surface area contributed by atoms with E-state index in [2.05, 4.69) is 35.8 Å². The molecule has 1 heterocycles. The lowest BCUT2D eigenvalue weighted by atomic mass is 10.1. The van der Waals surface area contributed by atoms with Crippen LogP contribution in [0.1, 0.15) is 18.2 Å². The van der Waals surface area contributed by atoms with E-state index in [1.165, 1.54) is 16.5 Å². The van der Waals surface area contributed by atoms with Crippen molar-refractivity contribution >= 4 is 22.5 Å². The van der Waals surface area contributed by atoms with Gasteiger partial charge in [0.15, 0.2) is 0 Å². The van der Waals surface area contributed by atoms with Crippen LogP contribution in [0.4, 0.5) is 0 Å². The van der Waals surface area contributed by atoms with E-state index >= 15 is 0 Å². The van der Waals surface area contributed by atoms with Crippen LogP contribution in [-0.4, -0.2) is 11.7 Å². The second-order valence-electron chi connectivity index (χ2n) is 5.36. The number of para-hydroxylation sites is 1. The maximum atomic E-state index is 5.97. The van der Waals surface area contributed by atoms with E-state index in [0.29, 0.717) is 18.2 Å². The molecule has 0 aliphatic rings. The zero-order valence-corrected chi connectivity index (χ0v) is 14.1. The number of rotatable bonds is 6. The quantitative estimate of drug-likeness (QED) is 0.632. The van der Waals surface area contributed by atoms with Crippen molar-refractivity contribution in [3.8, 4) is 5.75 Å². The van der Waals surface area contributed by atoms with Gasteiger partial charge in [-0.15, -0.1) is 0 Å². The molecule has 0 saturated heterocycles. The van der Waals surface area contributed by atoms with E-state index in [4.69, 9.17) is 21.1 Å². The maximum Gasteiger partial charge on any atom is 0.129 e. The molecule has 0 aliphatic heterocycles. The number of nitrogens with zero attached hydrogens (tertiary/aromatic N) is 1. The minimum atomic E-state index is 0.503. The van der Waals surface area contributed by atoms with Gasteiger partial charge in [-0.1, -0.05) is 29.8 Å². The molecule has 2 aromatic carbocycles. The average molecular weight is 330 g/mol. The summed E-state index contributed by atoms with van der Waals surface area (Å²) in [5.41, 5.74) is 3.57. The summed E-state index contributed by atoms with van der Waals surface area (Å²) in [6.45, 7) is 4.12. The van der Waals surface area contributed by atoms with Gasteiger partial charge in [0.05, 0.1) is 12.3 Å². The fraction of sp³-hybridized carbons (Fsp3) is 0.263. The summed E-state index contributed by atoms with van der Waals surface area (Å²) in [4.78, 5) is 0. The van der Waals surface area contributed by atoms with E-state index in [1.807, 2.05) is 24.3 Å². The van der Waals surface area contributed by atoms with Crippen molar-refractivity contribution < 1.29 is 9.47 Å². The normalized spacial score (nSPS) is 11.1. The molecule has 0 aliphatic carbocycles. The molecular weight excluding hydrogens is 310 g/mol. The summed E-state index contributed by atoms with van der Waals surface area (Å²) >= 11 is 5.92. The number of aryl methyl sites for hydroxylation is 1. The molecule has 0 unspecified atom stereocenters. The van der Waals surface area contributed by atoms with Crippen molar-refractivity contribution in [3.05, 3.63) is 64.8 Å². The third-order valence-electron chi connectivity index (χ3n) is 3.99. The first-order valence-corrected chi connectivity index (χ1v) is 8.08. The topological polar surface area (TPSA) is 23.4 Å². The number of halogens is 1. The van der Waals surface area contributed by atoms with Crippen molar-refractivity contribution in [2.45, 2.75) is 26.7 Å². The molecule has 120 valence electrons. The molecule has 23 heavy (non-hydrogen) atoms. The summed E-state index contributed by atoms with van der Waals surface area (Å²) in [5.74, 6) is 0.811. The Morgan fingerprint density at radius 3 is 2.43 bits per heavy atom. The predicted octanol–water partition coefficient (Wildman–Crippen LogP) is 5.04. The Hall–Kier alpha value is -1.97. The van der Waals surface area contributed by atoms with Gasteiger partial charge in [0.1, 0.15) is 12.4 Å². The second kappa shape index (κ2) is 7.07. The van der Waals surface area contributed by atoms with E-state index in [-0.39, 0.29) is 0 Å². The summed E-state index contributed by atoms with van der Waals surface area (Å²) in [5, 5.41) is 1.94. The SMILES string of the molecule is CCn1c(COc2ccc(Cl)cc2)c(COC)c2ccccc21. The van der Waals surface area contributed by atoms with Crippen LogP contribution in [0.15, 0.2) is 48.5 Å². The molecular formula is C19H20ClNO2. The Bertz CT molecular complexity index is 793. The van der Waals surface area contributed by atoms with Crippen LogP contribution < -0.4 is 4.74 Å². The van der Waals surface area contributed by atoms with Crippen LogP contribution in [0.5, 0.6) is 5.75 Å². The molecule has 0 atom stereocenters. The van der Waals surface area contributed by atoms with Gasteiger partial charge in [-0.2, -0.15) is 0 Å². The number of benzene rings is 2. The van der Waals surface area contributed by atoms with Gasteiger partial charge in [-0.3, -0.25) is 0 Å². The molecule has 3 nitrogen and oxygen atoms in total. The highest BCUT2D eigenvalue weighted by Crippen LogP contribution is 2.28. The molecule has 0 saturated carbocycles. The van der Waals surface area contributed by atoms with Crippen LogP contribution >= 0.6 is 11.6 Å². The van der Waals surface area contributed by atoms with Gasteiger partial charge in [0.25, 0.3) is 0 Å². The summed E-state index contributed by atoms with van der Waals surface area (Å²) in [7, 11) is 1.72. The van der Waals surface area contributed by atoms with Crippen molar-refractivity contribution in [1.82, 2.24) is 4.57 Å². The fourth-order valence-electron chi connectivity index (χ4n) is 2.94. The molecule has 0 spiro atoms. The van der Waals surface area contributed by atoms with Crippen LogP contribution in [0.3, 0.4) is 0 Å². The molecule has 1 aromatic heterocycles. The molecule has 0 fully saturated rings. The number of ether oxygens (including phenoxy) is 2. The number of fused-ring (bicyclic) bond motifs is 1. The summed E-state index contributed by atoms with van der Waals surface area (Å²) in [6.07, 6.45) is 0. The Labute approximate surface area is 141 Å². The number of hydrogen-bond acceptors (Lipinski definition) is 2. The fourth-order valence-corrected chi connectivity index (χ4v) is 3.07. The van der Waals surface area contributed by atoms with Gasteiger partial charge in [0.2, 0.25) is 0 Å². The average Bonchev–Trinajstić information content (AvgIpc) is 2.88. The third kappa shape index (κ3) is 3.21. The smallest absolute Gasteiger partial charge is 0.129 e. The molecule has 0 bridgehead atoms. The minimum absolute atomic E-state index is 0.503. The molecule has 0 N–H and O–H groups in total. The monoisotopic (exact) mass is 329 g/mol. The second-order valence-corrected chi connectivity index (χ2v) is 5.80. The highest BCUT2D eigenvalue weighted by molar-refractivity contribution is 6.30. The van der Waals surface area contributed by atoms with Crippen LogP contribution in [-0.2, 0) is 24.5 Å². The minimum Gasteiger partial charge on any atom is -0.487 e. The van der Waals surface area contributed by atoms with E-state index in [1.54, 1.807) is 7.11 Å². The number of methoxy groups -OCH3 is 1. The number of aromatic nitrogens is 1. The Balaban J connectivity index is 1.97. The standard InChI is InChI=1S/C19H20ClNO2/c1-3-21-18-7-5-4-6-16(18)17(12-22-2)19(21)13-23-15-10-8-14(20)9-11-15/h4-11H,3,12-13H2,1-2H3. The van der Waals surface area contributed by atoms with Crippen molar-refractivity contribution in [2.24, 2.45) is 0 Å². The highest BCUT2D eigenvalue weighted by Gasteiger charge is 2.16. The Kier molecular flexibility index (Phi) is 4.89. The highest BCUT2D eigenvalue weighted by atomic mass is 35.5. The van der Waals surface area contributed by atoms with Gasteiger partial charge in [0, 0.05) is 35.1 Å². The predicted molar refractivity (Wildman–Crippen MR) is 94.1 cm³/mol. The van der Waals surface area contributed by atoms with Gasteiger partial charge >= 0.3 is 0 Å². The first-order valence-electron chi connectivity index (χ1n) is 7.71. The zero-order chi connectivity index (χ0) is 16.2. The largest absolute Gasteiger partial charge is 0.487 e. The third-order valence-corrected chi connectivity index (χ3v) is 4.24.